The zero-order valence-corrected chi connectivity index (χ0v) is 17.3. The molecule has 1 aromatic heterocycles. The molecular weight excluding hydrogens is 376 g/mol. The van der Waals surface area contributed by atoms with Gasteiger partial charge in [-0.1, -0.05) is 60.7 Å². The maximum Gasteiger partial charge on any atom is 0.220 e. The summed E-state index contributed by atoms with van der Waals surface area (Å²) in [6.07, 6.45) is 2.15. The summed E-state index contributed by atoms with van der Waals surface area (Å²) in [7, 11) is 0. The molecule has 0 spiro atoms. The van der Waals surface area contributed by atoms with Crippen LogP contribution in [0.1, 0.15) is 37.8 Å². The van der Waals surface area contributed by atoms with Gasteiger partial charge in [-0.25, -0.2) is 0 Å². The first kappa shape index (κ1) is 20.2. The van der Waals surface area contributed by atoms with Gasteiger partial charge in [0.1, 0.15) is 0 Å². The summed E-state index contributed by atoms with van der Waals surface area (Å²) in [4.78, 5) is 16.4. The molecule has 0 unspecified atom stereocenters. The fourth-order valence-electron chi connectivity index (χ4n) is 3.92. The highest BCUT2D eigenvalue weighted by Gasteiger charge is 2.27. The first-order valence-corrected chi connectivity index (χ1v) is 10.6. The van der Waals surface area contributed by atoms with E-state index in [1.54, 1.807) is 4.80 Å². The molecule has 0 bridgehead atoms. The number of benzene rings is 2. The van der Waals surface area contributed by atoms with Gasteiger partial charge in [-0.2, -0.15) is 4.80 Å². The molecule has 1 saturated heterocycles. The summed E-state index contributed by atoms with van der Waals surface area (Å²) in [6.45, 7) is 4.71. The van der Waals surface area contributed by atoms with E-state index >= 15 is 0 Å². The second-order valence-electron chi connectivity index (χ2n) is 7.81. The lowest BCUT2D eigenvalue weighted by atomic mass is 10.1. The van der Waals surface area contributed by atoms with E-state index in [9.17, 15) is 4.79 Å². The fraction of sp³-hybridized carbons (Fsp3) is 0.391. The molecule has 2 heterocycles. The molecule has 7 nitrogen and oxygen atoms in total. The number of aryl methyl sites for hydroxylation is 1. The lowest BCUT2D eigenvalue weighted by Gasteiger charge is -2.24. The van der Waals surface area contributed by atoms with Gasteiger partial charge in [0.15, 0.2) is 0 Å². The number of amides is 1. The zero-order chi connectivity index (χ0) is 20.8. The number of aromatic nitrogens is 4. The summed E-state index contributed by atoms with van der Waals surface area (Å²) in [5.74, 6) is 0.705. The Labute approximate surface area is 177 Å². The van der Waals surface area contributed by atoms with Crippen molar-refractivity contribution in [2.45, 2.75) is 44.8 Å². The van der Waals surface area contributed by atoms with Crippen molar-refractivity contribution in [1.82, 2.24) is 30.4 Å². The lowest BCUT2D eigenvalue weighted by Crippen LogP contribution is -2.37. The number of likely N-dealkylation sites (tertiary alicyclic amines) is 1. The van der Waals surface area contributed by atoms with Crippen molar-refractivity contribution in [3.8, 4) is 11.4 Å². The smallest absolute Gasteiger partial charge is 0.220 e. The van der Waals surface area contributed by atoms with E-state index in [1.807, 2.05) is 36.4 Å². The van der Waals surface area contributed by atoms with E-state index in [1.165, 1.54) is 5.56 Å². The third-order valence-electron chi connectivity index (χ3n) is 5.66. The van der Waals surface area contributed by atoms with Crippen LogP contribution in [0.15, 0.2) is 60.7 Å². The molecule has 1 aliphatic heterocycles. The Morgan fingerprint density at radius 3 is 2.63 bits per heavy atom. The van der Waals surface area contributed by atoms with Crippen LogP contribution in [0, 0.1) is 0 Å². The number of carbonyl (C=O) groups excluding carboxylic acids is 1. The van der Waals surface area contributed by atoms with Gasteiger partial charge in [0.25, 0.3) is 0 Å². The van der Waals surface area contributed by atoms with Gasteiger partial charge in [0, 0.05) is 37.2 Å². The molecule has 156 valence electrons. The van der Waals surface area contributed by atoms with Crippen LogP contribution in [0.5, 0.6) is 0 Å². The van der Waals surface area contributed by atoms with Gasteiger partial charge in [-0.15, -0.1) is 10.2 Å². The normalized spacial score (nSPS) is 17.7. The minimum atomic E-state index is 0.0950. The average Bonchev–Trinajstić information content (AvgIpc) is 3.44. The molecule has 0 radical (unpaired) electrons. The van der Waals surface area contributed by atoms with Crippen molar-refractivity contribution in [3.05, 3.63) is 66.2 Å². The molecule has 1 fully saturated rings. The fourth-order valence-corrected chi connectivity index (χ4v) is 3.92. The Bertz CT molecular complexity index is 943. The van der Waals surface area contributed by atoms with Crippen LogP contribution in [-0.4, -0.2) is 50.1 Å². The zero-order valence-electron chi connectivity index (χ0n) is 17.3. The Morgan fingerprint density at radius 1 is 1.13 bits per heavy atom. The molecule has 3 aromatic rings. The van der Waals surface area contributed by atoms with E-state index in [4.69, 9.17) is 0 Å². The molecule has 0 aliphatic carbocycles. The Balaban J connectivity index is 1.19. The average molecular weight is 405 g/mol. The molecule has 1 amide bonds. The molecule has 1 N–H and O–H groups in total. The summed E-state index contributed by atoms with van der Waals surface area (Å²) >= 11 is 0. The number of hydrogen-bond acceptors (Lipinski definition) is 5. The third-order valence-corrected chi connectivity index (χ3v) is 5.66. The van der Waals surface area contributed by atoms with Crippen molar-refractivity contribution < 1.29 is 4.79 Å². The SMILES string of the molecule is C[C@@H](c1ccccc1)N1CC[C@H](NC(=O)CCCn2nnc(-c3ccccc3)n2)C1. The highest BCUT2D eigenvalue weighted by Crippen LogP contribution is 2.24. The number of rotatable bonds is 8. The topological polar surface area (TPSA) is 75.9 Å². The second kappa shape index (κ2) is 9.63. The van der Waals surface area contributed by atoms with Crippen LogP contribution < -0.4 is 5.32 Å². The van der Waals surface area contributed by atoms with Crippen LogP contribution in [0.3, 0.4) is 0 Å². The van der Waals surface area contributed by atoms with Crippen LogP contribution in [0.25, 0.3) is 11.4 Å². The van der Waals surface area contributed by atoms with Crippen LogP contribution in [0.2, 0.25) is 0 Å². The number of hydrogen-bond donors (Lipinski definition) is 1. The summed E-state index contributed by atoms with van der Waals surface area (Å²) in [5, 5.41) is 15.8. The standard InChI is InChI=1S/C23H28N6O/c1-18(19-9-4-2-5-10-19)28-16-14-21(17-28)24-22(30)13-8-15-29-26-23(25-27-29)20-11-6-3-7-12-20/h2-7,9-12,18,21H,8,13-17H2,1H3,(H,24,30)/t18-,21-/m0/s1. The molecule has 30 heavy (non-hydrogen) atoms. The Hall–Kier alpha value is -3.06. The van der Waals surface area contributed by atoms with Gasteiger partial charge in [0.05, 0.1) is 6.54 Å². The van der Waals surface area contributed by atoms with E-state index in [-0.39, 0.29) is 11.9 Å². The van der Waals surface area contributed by atoms with Gasteiger partial charge in [-0.3, -0.25) is 9.69 Å². The van der Waals surface area contributed by atoms with Crippen LogP contribution >= 0.6 is 0 Å². The number of nitrogens with one attached hydrogen (secondary N) is 1. The van der Waals surface area contributed by atoms with Crippen molar-refractivity contribution in [1.29, 1.82) is 0 Å². The molecular formula is C23H28N6O. The quantitative estimate of drug-likeness (QED) is 0.624. The first-order chi connectivity index (χ1) is 14.7. The summed E-state index contributed by atoms with van der Waals surface area (Å²) in [6, 6.07) is 20.9. The number of carbonyl (C=O) groups is 1. The number of nitrogens with zero attached hydrogens (tertiary/aromatic N) is 5. The summed E-state index contributed by atoms with van der Waals surface area (Å²) < 4.78 is 0. The van der Waals surface area contributed by atoms with Crippen LogP contribution in [0.4, 0.5) is 0 Å². The molecule has 2 aromatic carbocycles. The predicted molar refractivity (Wildman–Crippen MR) is 115 cm³/mol. The van der Waals surface area contributed by atoms with E-state index in [0.29, 0.717) is 31.3 Å². The molecule has 7 heteroatoms. The van der Waals surface area contributed by atoms with Crippen molar-refractivity contribution in [2.75, 3.05) is 13.1 Å². The largest absolute Gasteiger partial charge is 0.352 e. The maximum atomic E-state index is 12.4. The van der Waals surface area contributed by atoms with Gasteiger partial charge >= 0.3 is 0 Å². The second-order valence-corrected chi connectivity index (χ2v) is 7.81. The van der Waals surface area contributed by atoms with Crippen molar-refractivity contribution >= 4 is 5.91 Å². The molecule has 1 aliphatic rings. The lowest BCUT2D eigenvalue weighted by molar-refractivity contribution is -0.121. The van der Waals surface area contributed by atoms with E-state index < -0.39 is 0 Å². The monoisotopic (exact) mass is 404 g/mol. The molecule has 2 atom stereocenters. The van der Waals surface area contributed by atoms with Gasteiger partial charge in [-0.05, 0) is 30.5 Å². The van der Waals surface area contributed by atoms with Crippen molar-refractivity contribution in [2.24, 2.45) is 0 Å². The molecule has 4 rings (SSSR count). The van der Waals surface area contributed by atoms with Gasteiger partial charge in [0.2, 0.25) is 11.7 Å². The minimum absolute atomic E-state index is 0.0950. The van der Waals surface area contributed by atoms with E-state index in [0.717, 1.165) is 25.1 Å². The van der Waals surface area contributed by atoms with Gasteiger partial charge < -0.3 is 5.32 Å². The van der Waals surface area contributed by atoms with Crippen molar-refractivity contribution in [3.63, 3.8) is 0 Å². The summed E-state index contributed by atoms with van der Waals surface area (Å²) in [5.41, 5.74) is 2.26. The Kier molecular flexibility index (Phi) is 6.49. The highest BCUT2D eigenvalue weighted by molar-refractivity contribution is 5.76. The third kappa shape index (κ3) is 5.10. The predicted octanol–water partition coefficient (Wildman–Crippen LogP) is 3.07. The minimum Gasteiger partial charge on any atom is -0.352 e. The molecule has 0 saturated carbocycles. The highest BCUT2D eigenvalue weighted by atomic mass is 16.1. The first-order valence-electron chi connectivity index (χ1n) is 10.6. The maximum absolute atomic E-state index is 12.4. The van der Waals surface area contributed by atoms with Crippen LogP contribution in [-0.2, 0) is 11.3 Å². The number of tetrazole rings is 1. The van der Waals surface area contributed by atoms with E-state index in [2.05, 4.69) is 56.8 Å². The Morgan fingerprint density at radius 2 is 1.87 bits per heavy atom.